The second-order valence-corrected chi connectivity index (χ2v) is 6.37. The number of hydrogen-bond donors (Lipinski definition) is 1. The van der Waals surface area contributed by atoms with E-state index in [0.29, 0.717) is 5.92 Å². The SMILES string of the molecule is CCCNc1cc(C(C)C)nc(-c2ccc(CC)s2)n1. The molecule has 0 aromatic carbocycles. The molecular formula is C16H23N3S. The standard InChI is InChI=1S/C16H23N3S/c1-5-9-17-15-10-13(11(3)4)18-16(19-15)14-8-7-12(6-2)20-14/h7-8,10-11H,5-6,9H2,1-4H3,(H,17,18,19). The van der Waals surface area contributed by atoms with Gasteiger partial charge in [0.05, 0.1) is 4.88 Å². The minimum absolute atomic E-state index is 0.407. The van der Waals surface area contributed by atoms with Crippen molar-refractivity contribution in [3.63, 3.8) is 0 Å². The van der Waals surface area contributed by atoms with Crippen LogP contribution in [0.2, 0.25) is 0 Å². The summed E-state index contributed by atoms with van der Waals surface area (Å²) in [5, 5.41) is 3.37. The lowest BCUT2D eigenvalue weighted by atomic mass is 10.1. The number of anilines is 1. The number of nitrogens with one attached hydrogen (secondary N) is 1. The average Bonchev–Trinajstić information content (AvgIpc) is 2.93. The summed E-state index contributed by atoms with van der Waals surface area (Å²) >= 11 is 1.79. The van der Waals surface area contributed by atoms with E-state index in [1.165, 1.54) is 4.88 Å². The van der Waals surface area contributed by atoms with Gasteiger partial charge in [0, 0.05) is 23.2 Å². The quantitative estimate of drug-likeness (QED) is 0.836. The number of rotatable bonds is 6. The number of hydrogen-bond acceptors (Lipinski definition) is 4. The molecule has 0 amide bonds. The Morgan fingerprint density at radius 1 is 1.20 bits per heavy atom. The fourth-order valence-electron chi connectivity index (χ4n) is 1.90. The Bertz CT molecular complexity index is 561. The Kier molecular flexibility index (Phi) is 5.12. The van der Waals surface area contributed by atoms with Crippen LogP contribution in [0.4, 0.5) is 5.82 Å². The van der Waals surface area contributed by atoms with Gasteiger partial charge in [-0.2, -0.15) is 0 Å². The Balaban J connectivity index is 2.37. The van der Waals surface area contributed by atoms with Crippen LogP contribution in [0.3, 0.4) is 0 Å². The van der Waals surface area contributed by atoms with E-state index >= 15 is 0 Å². The molecule has 0 aliphatic carbocycles. The van der Waals surface area contributed by atoms with Crippen molar-refractivity contribution in [3.05, 3.63) is 28.8 Å². The molecule has 0 saturated carbocycles. The molecule has 2 aromatic rings. The molecule has 0 saturated heterocycles. The van der Waals surface area contributed by atoms with Gasteiger partial charge in [0.2, 0.25) is 0 Å². The molecule has 0 atom stereocenters. The molecule has 108 valence electrons. The Morgan fingerprint density at radius 3 is 2.60 bits per heavy atom. The maximum Gasteiger partial charge on any atom is 0.171 e. The molecule has 0 radical (unpaired) electrons. The summed E-state index contributed by atoms with van der Waals surface area (Å²) < 4.78 is 0. The van der Waals surface area contributed by atoms with E-state index in [0.717, 1.165) is 41.6 Å². The zero-order valence-electron chi connectivity index (χ0n) is 12.7. The molecule has 20 heavy (non-hydrogen) atoms. The molecule has 1 N–H and O–H groups in total. The lowest BCUT2D eigenvalue weighted by Gasteiger charge is -2.10. The number of nitrogens with zero attached hydrogens (tertiary/aromatic N) is 2. The van der Waals surface area contributed by atoms with Crippen LogP contribution >= 0.6 is 11.3 Å². The Morgan fingerprint density at radius 2 is 2.00 bits per heavy atom. The van der Waals surface area contributed by atoms with Crippen LogP contribution in [0.5, 0.6) is 0 Å². The second kappa shape index (κ2) is 6.84. The van der Waals surface area contributed by atoms with Gasteiger partial charge in [0.15, 0.2) is 5.82 Å². The molecule has 0 fully saturated rings. The number of aromatic nitrogens is 2. The first-order valence-electron chi connectivity index (χ1n) is 7.36. The van der Waals surface area contributed by atoms with Gasteiger partial charge in [-0.25, -0.2) is 9.97 Å². The summed E-state index contributed by atoms with van der Waals surface area (Å²) in [4.78, 5) is 11.9. The Hall–Kier alpha value is -1.42. The number of aryl methyl sites for hydroxylation is 1. The van der Waals surface area contributed by atoms with E-state index in [4.69, 9.17) is 4.98 Å². The van der Waals surface area contributed by atoms with Crippen LogP contribution in [0.1, 0.15) is 50.6 Å². The predicted molar refractivity (Wildman–Crippen MR) is 87.6 cm³/mol. The third-order valence-electron chi connectivity index (χ3n) is 3.12. The highest BCUT2D eigenvalue weighted by atomic mass is 32.1. The van der Waals surface area contributed by atoms with Crippen LogP contribution in [-0.2, 0) is 6.42 Å². The first-order valence-corrected chi connectivity index (χ1v) is 8.17. The molecule has 2 rings (SSSR count). The van der Waals surface area contributed by atoms with Crippen LogP contribution in [-0.4, -0.2) is 16.5 Å². The third kappa shape index (κ3) is 3.57. The molecule has 0 aliphatic rings. The summed E-state index contributed by atoms with van der Waals surface area (Å²) in [6.45, 7) is 9.61. The van der Waals surface area contributed by atoms with Crippen LogP contribution in [0.25, 0.3) is 10.7 Å². The normalized spacial score (nSPS) is 11.1. The molecular weight excluding hydrogens is 266 g/mol. The largest absolute Gasteiger partial charge is 0.370 e. The Labute approximate surface area is 125 Å². The third-order valence-corrected chi connectivity index (χ3v) is 4.35. The summed E-state index contributed by atoms with van der Waals surface area (Å²) in [5.74, 6) is 2.19. The van der Waals surface area contributed by atoms with Crippen molar-refractivity contribution in [2.24, 2.45) is 0 Å². The van der Waals surface area contributed by atoms with Gasteiger partial charge in [0.1, 0.15) is 5.82 Å². The molecule has 0 spiro atoms. The average molecular weight is 289 g/mol. The lowest BCUT2D eigenvalue weighted by molar-refractivity contribution is 0.816. The topological polar surface area (TPSA) is 37.8 Å². The predicted octanol–water partition coefficient (Wildman–Crippen LogP) is 4.71. The summed E-state index contributed by atoms with van der Waals surface area (Å²) in [5.41, 5.74) is 1.10. The van der Waals surface area contributed by atoms with Gasteiger partial charge >= 0.3 is 0 Å². The first kappa shape index (κ1) is 15.0. The van der Waals surface area contributed by atoms with Gasteiger partial charge in [-0.1, -0.05) is 27.7 Å². The maximum atomic E-state index is 4.72. The van der Waals surface area contributed by atoms with E-state index in [1.807, 2.05) is 0 Å². The van der Waals surface area contributed by atoms with Crippen molar-refractivity contribution in [3.8, 4) is 10.7 Å². The van der Waals surface area contributed by atoms with Crippen molar-refractivity contribution >= 4 is 17.2 Å². The van der Waals surface area contributed by atoms with Gasteiger partial charge in [-0.3, -0.25) is 0 Å². The highest BCUT2D eigenvalue weighted by Gasteiger charge is 2.11. The first-order chi connectivity index (χ1) is 9.63. The monoisotopic (exact) mass is 289 g/mol. The van der Waals surface area contributed by atoms with Gasteiger partial charge in [0.25, 0.3) is 0 Å². The van der Waals surface area contributed by atoms with Crippen molar-refractivity contribution in [2.75, 3.05) is 11.9 Å². The van der Waals surface area contributed by atoms with E-state index in [-0.39, 0.29) is 0 Å². The second-order valence-electron chi connectivity index (χ2n) is 5.20. The van der Waals surface area contributed by atoms with Crippen molar-refractivity contribution in [2.45, 2.75) is 46.5 Å². The molecule has 4 heteroatoms. The zero-order chi connectivity index (χ0) is 14.5. The van der Waals surface area contributed by atoms with E-state index in [1.54, 1.807) is 11.3 Å². The van der Waals surface area contributed by atoms with Crippen LogP contribution < -0.4 is 5.32 Å². The van der Waals surface area contributed by atoms with Crippen molar-refractivity contribution in [1.29, 1.82) is 0 Å². The maximum absolute atomic E-state index is 4.72. The minimum Gasteiger partial charge on any atom is -0.370 e. The summed E-state index contributed by atoms with van der Waals surface area (Å²) in [6, 6.07) is 6.37. The fraction of sp³-hybridized carbons (Fsp3) is 0.500. The van der Waals surface area contributed by atoms with E-state index in [9.17, 15) is 0 Å². The van der Waals surface area contributed by atoms with Crippen LogP contribution in [0.15, 0.2) is 18.2 Å². The highest BCUT2D eigenvalue weighted by molar-refractivity contribution is 7.15. The van der Waals surface area contributed by atoms with E-state index in [2.05, 4.69) is 56.2 Å². The van der Waals surface area contributed by atoms with Crippen molar-refractivity contribution in [1.82, 2.24) is 9.97 Å². The number of thiophene rings is 1. The summed E-state index contributed by atoms with van der Waals surface area (Å²) in [6.07, 6.45) is 2.16. The molecule has 0 aliphatic heterocycles. The summed E-state index contributed by atoms with van der Waals surface area (Å²) in [7, 11) is 0. The van der Waals surface area contributed by atoms with Crippen molar-refractivity contribution < 1.29 is 0 Å². The highest BCUT2D eigenvalue weighted by Crippen LogP contribution is 2.28. The lowest BCUT2D eigenvalue weighted by Crippen LogP contribution is -2.06. The van der Waals surface area contributed by atoms with Crippen LogP contribution in [0, 0.1) is 0 Å². The van der Waals surface area contributed by atoms with Gasteiger partial charge in [-0.15, -0.1) is 11.3 Å². The van der Waals surface area contributed by atoms with Gasteiger partial charge in [-0.05, 0) is 30.9 Å². The molecule has 2 heterocycles. The molecule has 0 bridgehead atoms. The fourth-order valence-corrected chi connectivity index (χ4v) is 2.79. The zero-order valence-corrected chi connectivity index (χ0v) is 13.5. The van der Waals surface area contributed by atoms with Gasteiger partial charge < -0.3 is 5.32 Å². The smallest absolute Gasteiger partial charge is 0.171 e. The molecule has 0 unspecified atom stereocenters. The molecule has 2 aromatic heterocycles. The van der Waals surface area contributed by atoms with E-state index < -0.39 is 0 Å². The molecule has 3 nitrogen and oxygen atoms in total. The minimum atomic E-state index is 0.407.